The Labute approximate surface area is 157 Å². The number of rotatable bonds is 3. The topological polar surface area (TPSA) is 59.8 Å². The van der Waals surface area contributed by atoms with Crippen molar-refractivity contribution in [2.75, 3.05) is 11.4 Å². The largest absolute Gasteiger partial charge is 0.491 e. The third kappa shape index (κ3) is 3.33. The molecular weight excluding hydrogens is 342 g/mol. The molecule has 0 saturated carbocycles. The first kappa shape index (κ1) is 17.3. The molecular formula is C22H21NO4. The van der Waals surface area contributed by atoms with E-state index in [1.165, 1.54) is 6.07 Å². The van der Waals surface area contributed by atoms with Gasteiger partial charge in [0, 0.05) is 29.8 Å². The summed E-state index contributed by atoms with van der Waals surface area (Å²) in [6.45, 7) is 4.48. The van der Waals surface area contributed by atoms with Crippen molar-refractivity contribution in [1.82, 2.24) is 0 Å². The minimum Gasteiger partial charge on any atom is -0.491 e. The average molecular weight is 363 g/mol. The summed E-state index contributed by atoms with van der Waals surface area (Å²) in [5, 5.41) is 0.610. The van der Waals surface area contributed by atoms with Crippen LogP contribution in [0.2, 0.25) is 0 Å². The second-order valence-corrected chi connectivity index (χ2v) is 6.99. The van der Waals surface area contributed by atoms with E-state index >= 15 is 0 Å². The van der Waals surface area contributed by atoms with Crippen LogP contribution in [0.1, 0.15) is 36.2 Å². The molecule has 138 valence electrons. The van der Waals surface area contributed by atoms with Crippen LogP contribution < -0.4 is 15.3 Å². The van der Waals surface area contributed by atoms with Crippen LogP contribution in [0.5, 0.6) is 5.75 Å². The number of nitrogens with zero attached hydrogens (tertiary/aromatic N) is 1. The second kappa shape index (κ2) is 6.91. The molecule has 0 saturated heterocycles. The molecule has 1 aliphatic rings. The van der Waals surface area contributed by atoms with Gasteiger partial charge >= 0.3 is 5.63 Å². The van der Waals surface area contributed by atoms with Crippen LogP contribution >= 0.6 is 0 Å². The molecule has 0 spiro atoms. The number of hydrogen-bond donors (Lipinski definition) is 0. The Morgan fingerprint density at radius 2 is 1.96 bits per heavy atom. The third-order valence-corrected chi connectivity index (χ3v) is 4.67. The number of benzene rings is 2. The highest BCUT2D eigenvalue weighted by Crippen LogP contribution is 2.30. The van der Waals surface area contributed by atoms with Crippen LogP contribution in [0.3, 0.4) is 0 Å². The van der Waals surface area contributed by atoms with Crippen molar-refractivity contribution in [2.45, 2.75) is 32.8 Å². The summed E-state index contributed by atoms with van der Waals surface area (Å²) < 4.78 is 11.0. The lowest BCUT2D eigenvalue weighted by atomic mass is 10.00. The first-order valence-corrected chi connectivity index (χ1v) is 9.17. The number of aryl methyl sites for hydroxylation is 1. The molecule has 0 aliphatic carbocycles. The molecule has 1 amide bonds. The van der Waals surface area contributed by atoms with Gasteiger partial charge in [-0.1, -0.05) is 18.2 Å². The molecule has 5 nitrogen and oxygen atoms in total. The number of para-hydroxylation sites is 1. The molecule has 1 aromatic heterocycles. The predicted octanol–water partition coefficient (Wildman–Crippen LogP) is 4.17. The molecule has 4 rings (SSSR count). The van der Waals surface area contributed by atoms with Crippen molar-refractivity contribution >= 4 is 22.6 Å². The maximum absolute atomic E-state index is 13.3. The van der Waals surface area contributed by atoms with Gasteiger partial charge in [0.2, 0.25) is 0 Å². The smallest absolute Gasteiger partial charge is 0.337 e. The Balaban J connectivity index is 1.80. The van der Waals surface area contributed by atoms with Crippen molar-refractivity contribution in [2.24, 2.45) is 0 Å². The zero-order chi connectivity index (χ0) is 19.0. The molecule has 2 heterocycles. The van der Waals surface area contributed by atoms with Crippen molar-refractivity contribution in [1.29, 1.82) is 0 Å². The number of hydrogen-bond acceptors (Lipinski definition) is 4. The van der Waals surface area contributed by atoms with E-state index in [1.54, 1.807) is 23.1 Å². The molecule has 0 atom stereocenters. The molecule has 5 heteroatoms. The zero-order valence-electron chi connectivity index (χ0n) is 15.4. The summed E-state index contributed by atoms with van der Waals surface area (Å²) >= 11 is 0. The van der Waals surface area contributed by atoms with Crippen LogP contribution in [-0.4, -0.2) is 18.6 Å². The van der Waals surface area contributed by atoms with Crippen molar-refractivity contribution in [3.63, 3.8) is 0 Å². The molecule has 3 aromatic rings. The molecule has 1 aliphatic heterocycles. The monoisotopic (exact) mass is 363 g/mol. The number of ether oxygens (including phenoxy) is 1. The summed E-state index contributed by atoms with van der Waals surface area (Å²) in [6.07, 6.45) is 1.85. The number of amides is 1. The highest BCUT2D eigenvalue weighted by molar-refractivity contribution is 6.13. The number of carbonyl (C=O) groups excluding carboxylic acids is 1. The molecule has 2 aromatic carbocycles. The van der Waals surface area contributed by atoms with Crippen molar-refractivity contribution in [3.05, 3.63) is 70.1 Å². The summed E-state index contributed by atoms with van der Waals surface area (Å²) in [4.78, 5) is 27.2. The van der Waals surface area contributed by atoms with Gasteiger partial charge in [0.1, 0.15) is 11.3 Å². The highest BCUT2D eigenvalue weighted by atomic mass is 16.5. The van der Waals surface area contributed by atoms with E-state index in [4.69, 9.17) is 9.15 Å². The minimum atomic E-state index is -0.544. The molecule has 0 fully saturated rings. The Bertz CT molecular complexity index is 1070. The van der Waals surface area contributed by atoms with Gasteiger partial charge in [0.15, 0.2) is 0 Å². The molecule has 0 bridgehead atoms. The van der Waals surface area contributed by atoms with Crippen LogP contribution in [-0.2, 0) is 6.42 Å². The number of carbonyl (C=O) groups is 1. The van der Waals surface area contributed by atoms with Crippen LogP contribution in [0, 0.1) is 0 Å². The van der Waals surface area contributed by atoms with E-state index in [9.17, 15) is 9.59 Å². The van der Waals surface area contributed by atoms with E-state index in [-0.39, 0.29) is 12.0 Å². The van der Waals surface area contributed by atoms with Gasteiger partial charge < -0.3 is 14.1 Å². The zero-order valence-corrected chi connectivity index (χ0v) is 15.4. The van der Waals surface area contributed by atoms with Crippen LogP contribution in [0.4, 0.5) is 5.69 Å². The Morgan fingerprint density at radius 3 is 2.78 bits per heavy atom. The van der Waals surface area contributed by atoms with E-state index in [2.05, 4.69) is 0 Å². The van der Waals surface area contributed by atoms with E-state index in [0.717, 1.165) is 24.1 Å². The standard InChI is InChI=1S/C22H21NO4/c1-14(2)26-16-9-10-17-18(13-21(24)27-20(17)12-16)22(25)23-11-5-7-15-6-3-4-8-19(15)23/h3-4,6,8-10,12-14H,5,7,11H2,1-2H3. The van der Waals surface area contributed by atoms with Crippen molar-refractivity contribution < 1.29 is 13.9 Å². The van der Waals surface area contributed by atoms with Gasteiger partial charge in [-0.2, -0.15) is 0 Å². The van der Waals surface area contributed by atoms with Crippen molar-refractivity contribution in [3.8, 4) is 5.75 Å². The van der Waals surface area contributed by atoms with Crippen LogP contribution in [0.25, 0.3) is 11.0 Å². The fourth-order valence-corrected chi connectivity index (χ4v) is 3.56. The summed E-state index contributed by atoms with van der Waals surface area (Å²) in [6, 6.07) is 14.4. The van der Waals surface area contributed by atoms with Gasteiger partial charge in [-0.15, -0.1) is 0 Å². The number of fused-ring (bicyclic) bond motifs is 2. The molecule has 27 heavy (non-hydrogen) atoms. The Morgan fingerprint density at radius 1 is 1.15 bits per heavy atom. The molecule has 0 unspecified atom stereocenters. The summed E-state index contributed by atoms with van der Waals surface area (Å²) in [5.41, 5.74) is 2.23. The lowest BCUT2D eigenvalue weighted by Crippen LogP contribution is -2.36. The van der Waals surface area contributed by atoms with Gasteiger partial charge in [0.05, 0.1) is 11.7 Å². The summed E-state index contributed by atoms with van der Waals surface area (Å²) in [5.74, 6) is 0.422. The fourth-order valence-electron chi connectivity index (χ4n) is 3.56. The SMILES string of the molecule is CC(C)Oc1ccc2c(C(=O)N3CCCc4ccccc43)cc(=O)oc2c1. The normalized spacial score (nSPS) is 13.7. The predicted molar refractivity (Wildman–Crippen MR) is 105 cm³/mol. The number of anilines is 1. The van der Waals surface area contributed by atoms with E-state index in [1.807, 2.05) is 38.1 Å². The first-order valence-electron chi connectivity index (χ1n) is 9.17. The van der Waals surface area contributed by atoms with Gasteiger partial charge in [-0.05, 0) is 50.5 Å². The lowest BCUT2D eigenvalue weighted by molar-refractivity contribution is 0.0986. The van der Waals surface area contributed by atoms with Gasteiger partial charge in [-0.3, -0.25) is 4.79 Å². The minimum absolute atomic E-state index is 0.00355. The lowest BCUT2D eigenvalue weighted by Gasteiger charge is -2.29. The maximum atomic E-state index is 13.3. The maximum Gasteiger partial charge on any atom is 0.337 e. The summed E-state index contributed by atoms with van der Waals surface area (Å²) in [7, 11) is 0. The third-order valence-electron chi connectivity index (χ3n) is 4.67. The quantitative estimate of drug-likeness (QED) is 0.655. The molecule has 0 N–H and O–H groups in total. The first-order chi connectivity index (χ1) is 13.0. The Kier molecular flexibility index (Phi) is 4.44. The van der Waals surface area contributed by atoms with Crippen LogP contribution in [0.15, 0.2) is 57.7 Å². The van der Waals surface area contributed by atoms with Gasteiger partial charge in [-0.25, -0.2) is 4.79 Å². The van der Waals surface area contributed by atoms with E-state index in [0.29, 0.717) is 28.8 Å². The average Bonchev–Trinajstić information content (AvgIpc) is 2.65. The van der Waals surface area contributed by atoms with E-state index < -0.39 is 5.63 Å². The Hall–Kier alpha value is -3.08. The highest BCUT2D eigenvalue weighted by Gasteiger charge is 2.25. The molecule has 0 radical (unpaired) electrons. The fraction of sp³-hybridized carbons (Fsp3) is 0.273. The second-order valence-electron chi connectivity index (χ2n) is 6.99. The van der Waals surface area contributed by atoms with Gasteiger partial charge in [0.25, 0.3) is 5.91 Å².